The van der Waals surface area contributed by atoms with E-state index in [4.69, 9.17) is 11.1 Å². The molecule has 2 heteroatoms. The molecule has 0 amide bonds. The van der Waals surface area contributed by atoms with Gasteiger partial charge >= 0.3 is 0 Å². The van der Waals surface area contributed by atoms with Crippen LogP contribution in [0.25, 0.3) is 0 Å². The van der Waals surface area contributed by atoms with Gasteiger partial charge in [0.1, 0.15) is 0 Å². The molecule has 0 spiro atoms. The highest BCUT2D eigenvalue weighted by atomic mass is 14.6. The lowest BCUT2D eigenvalue weighted by atomic mass is 9.90. The minimum Gasteiger partial charge on any atom is -0.329 e. The van der Waals surface area contributed by atoms with E-state index in [9.17, 15) is 0 Å². The molecule has 0 bridgehead atoms. The maximum atomic E-state index is 8.24. The van der Waals surface area contributed by atoms with Crippen LogP contribution in [-0.4, -0.2) is 12.3 Å². The lowest BCUT2D eigenvalue weighted by molar-refractivity contribution is 0.883. The van der Waals surface area contributed by atoms with Gasteiger partial charge in [0.05, 0.1) is 0 Å². The minimum atomic E-state index is -0.0291. The zero-order valence-corrected chi connectivity index (χ0v) is 9.64. The molecule has 0 aromatic heterocycles. The van der Waals surface area contributed by atoms with E-state index in [1.165, 1.54) is 0 Å². The summed E-state index contributed by atoms with van der Waals surface area (Å²) in [7, 11) is 0. The van der Waals surface area contributed by atoms with Gasteiger partial charge < -0.3 is 11.1 Å². The summed E-state index contributed by atoms with van der Waals surface area (Å²) in [5, 5.41) is 8.24. The highest BCUT2D eigenvalue weighted by Crippen LogP contribution is 2.19. The Morgan fingerprint density at radius 2 is 1.47 bits per heavy atom. The van der Waals surface area contributed by atoms with Crippen LogP contribution in [0.15, 0.2) is 60.7 Å². The van der Waals surface area contributed by atoms with Gasteiger partial charge in [0.15, 0.2) is 0 Å². The van der Waals surface area contributed by atoms with Gasteiger partial charge in [0.25, 0.3) is 0 Å². The number of hydrogen-bond donors (Lipinski definition) is 2. The van der Waals surface area contributed by atoms with Crippen molar-refractivity contribution < 1.29 is 0 Å². The van der Waals surface area contributed by atoms with E-state index in [1.807, 2.05) is 60.7 Å². The third-order valence-electron chi connectivity index (χ3n) is 2.87. The molecule has 0 saturated heterocycles. The molecule has 0 aliphatic heterocycles. The van der Waals surface area contributed by atoms with E-state index in [-0.39, 0.29) is 5.92 Å². The average molecular weight is 224 g/mol. The van der Waals surface area contributed by atoms with Crippen LogP contribution >= 0.6 is 0 Å². The Hall–Kier alpha value is -1.93. The summed E-state index contributed by atoms with van der Waals surface area (Å²) in [5.41, 5.74) is 8.42. The van der Waals surface area contributed by atoms with Crippen molar-refractivity contribution in [1.29, 1.82) is 5.41 Å². The molecular weight excluding hydrogens is 208 g/mol. The second-order valence-corrected chi connectivity index (χ2v) is 3.98. The van der Waals surface area contributed by atoms with Crippen molar-refractivity contribution in [3.05, 3.63) is 71.8 Å². The summed E-state index contributed by atoms with van der Waals surface area (Å²) in [6.07, 6.45) is 0. The first kappa shape index (κ1) is 11.6. The lowest BCUT2D eigenvalue weighted by Crippen LogP contribution is -2.21. The number of rotatable bonds is 4. The summed E-state index contributed by atoms with van der Waals surface area (Å²) in [6.45, 7) is 0.456. The Morgan fingerprint density at radius 3 is 2.00 bits per heavy atom. The Bertz CT molecular complexity index is 477. The predicted octanol–water partition coefficient (Wildman–Crippen LogP) is 2.80. The molecule has 2 rings (SSSR count). The Morgan fingerprint density at radius 1 is 0.941 bits per heavy atom. The molecule has 2 aromatic carbocycles. The Kier molecular flexibility index (Phi) is 3.68. The van der Waals surface area contributed by atoms with Gasteiger partial charge in [-0.2, -0.15) is 0 Å². The van der Waals surface area contributed by atoms with Crippen molar-refractivity contribution in [3.63, 3.8) is 0 Å². The molecule has 0 aliphatic carbocycles. The van der Waals surface area contributed by atoms with E-state index in [1.54, 1.807) is 0 Å². The topological polar surface area (TPSA) is 49.9 Å². The van der Waals surface area contributed by atoms with Crippen molar-refractivity contribution in [2.24, 2.45) is 5.73 Å². The second-order valence-electron chi connectivity index (χ2n) is 3.98. The molecule has 0 saturated carbocycles. The zero-order chi connectivity index (χ0) is 12.1. The summed E-state index contributed by atoms with van der Waals surface area (Å²) in [4.78, 5) is 0. The van der Waals surface area contributed by atoms with Crippen molar-refractivity contribution >= 4 is 5.71 Å². The summed E-state index contributed by atoms with van der Waals surface area (Å²) >= 11 is 0. The first-order valence-electron chi connectivity index (χ1n) is 5.72. The Labute approximate surface area is 102 Å². The third-order valence-corrected chi connectivity index (χ3v) is 2.87. The fraction of sp³-hybridized carbons (Fsp3) is 0.133. The van der Waals surface area contributed by atoms with Gasteiger partial charge in [0.2, 0.25) is 0 Å². The fourth-order valence-corrected chi connectivity index (χ4v) is 1.92. The lowest BCUT2D eigenvalue weighted by Gasteiger charge is -2.16. The van der Waals surface area contributed by atoms with Crippen LogP contribution < -0.4 is 5.73 Å². The first-order chi connectivity index (χ1) is 8.33. The molecule has 0 aliphatic rings. The van der Waals surface area contributed by atoms with Crippen LogP contribution in [0, 0.1) is 5.41 Å². The van der Waals surface area contributed by atoms with E-state index < -0.39 is 0 Å². The van der Waals surface area contributed by atoms with E-state index >= 15 is 0 Å². The monoisotopic (exact) mass is 224 g/mol. The number of nitrogens with two attached hydrogens (primary N) is 1. The smallest absolute Gasteiger partial charge is 0.0473 e. The molecule has 2 aromatic rings. The van der Waals surface area contributed by atoms with Crippen LogP contribution in [0.3, 0.4) is 0 Å². The van der Waals surface area contributed by atoms with Gasteiger partial charge in [-0.05, 0) is 11.1 Å². The quantitative estimate of drug-likeness (QED) is 0.771. The van der Waals surface area contributed by atoms with Crippen LogP contribution in [0.4, 0.5) is 0 Å². The fourth-order valence-electron chi connectivity index (χ4n) is 1.92. The molecule has 1 unspecified atom stereocenters. The number of hydrogen-bond acceptors (Lipinski definition) is 2. The molecule has 0 heterocycles. The van der Waals surface area contributed by atoms with E-state index in [0.29, 0.717) is 12.3 Å². The summed E-state index contributed by atoms with van der Waals surface area (Å²) in [6, 6.07) is 19.7. The van der Waals surface area contributed by atoms with Crippen LogP contribution in [0.5, 0.6) is 0 Å². The molecule has 3 N–H and O–H groups in total. The van der Waals surface area contributed by atoms with Crippen molar-refractivity contribution in [2.75, 3.05) is 6.54 Å². The average Bonchev–Trinajstić information content (AvgIpc) is 2.42. The summed E-state index contributed by atoms with van der Waals surface area (Å²) < 4.78 is 0. The van der Waals surface area contributed by atoms with Gasteiger partial charge in [-0.1, -0.05) is 60.7 Å². The normalized spacial score (nSPS) is 12.1. The molecule has 1 atom stereocenters. The SMILES string of the molecule is N=C(c1ccccc1)C(CN)c1ccccc1. The zero-order valence-electron chi connectivity index (χ0n) is 9.64. The van der Waals surface area contributed by atoms with Crippen LogP contribution in [0.1, 0.15) is 17.0 Å². The van der Waals surface area contributed by atoms with Crippen molar-refractivity contribution in [3.8, 4) is 0 Å². The number of nitrogens with one attached hydrogen (secondary N) is 1. The largest absolute Gasteiger partial charge is 0.329 e. The molecule has 86 valence electrons. The maximum absolute atomic E-state index is 8.24. The van der Waals surface area contributed by atoms with E-state index in [2.05, 4.69) is 0 Å². The van der Waals surface area contributed by atoms with Gasteiger partial charge in [-0.3, -0.25) is 0 Å². The van der Waals surface area contributed by atoms with E-state index in [0.717, 1.165) is 11.1 Å². The van der Waals surface area contributed by atoms with Crippen LogP contribution in [-0.2, 0) is 0 Å². The predicted molar refractivity (Wildman–Crippen MR) is 71.5 cm³/mol. The highest BCUT2D eigenvalue weighted by Gasteiger charge is 2.16. The summed E-state index contributed by atoms with van der Waals surface area (Å²) in [5.74, 6) is -0.0291. The van der Waals surface area contributed by atoms with Crippen molar-refractivity contribution in [1.82, 2.24) is 0 Å². The molecular formula is C15H16N2. The third kappa shape index (κ3) is 2.60. The molecule has 0 radical (unpaired) electrons. The minimum absolute atomic E-state index is 0.0291. The van der Waals surface area contributed by atoms with Gasteiger partial charge in [0, 0.05) is 18.2 Å². The standard InChI is InChI=1S/C15H16N2/c16-11-14(12-7-3-1-4-8-12)15(17)13-9-5-2-6-10-13/h1-10,14,17H,11,16H2. The maximum Gasteiger partial charge on any atom is 0.0473 e. The molecule has 2 nitrogen and oxygen atoms in total. The van der Waals surface area contributed by atoms with Gasteiger partial charge in [-0.25, -0.2) is 0 Å². The highest BCUT2D eigenvalue weighted by molar-refractivity contribution is 6.03. The second kappa shape index (κ2) is 5.41. The Balaban J connectivity index is 2.29. The molecule has 17 heavy (non-hydrogen) atoms. The van der Waals surface area contributed by atoms with Crippen molar-refractivity contribution in [2.45, 2.75) is 5.92 Å². The number of benzene rings is 2. The first-order valence-corrected chi connectivity index (χ1v) is 5.72. The van der Waals surface area contributed by atoms with Crippen LogP contribution in [0.2, 0.25) is 0 Å². The molecule has 0 fully saturated rings. The van der Waals surface area contributed by atoms with Gasteiger partial charge in [-0.15, -0.1) is 0 Å².